The average molecular weight is 505 g/mol. The van der Waals surface area contributed by atoms with Gasteiger partial charge >= 0.3 is 0 Å². The summed E-state index contributed by atoms with van der Waals surface area (Å²) in [6.07, 6.45) is 9.01. The van der Waals surface area contributed by atoms with Crippen LogP contribution in [0, 0.1) is 0 Å². The van der Waals surface area contributed by atoms with Crippen molar-refractivity contribution in [2.45, 2.75) is 43.6 Å². The molecule has 6 heteroatoms. The molecule has 0 unspecified atom stereocenters. The van der Waals surface area contributed by atoms with Gasteiger partial charge in [0, 0.05) is 23.5 Å². The highest BCUT2D eigenvalue weighted by molar-refractivity contribution is 6.10. The lowest BCUT2D eigenvalue weighted by Gasteiger charge is -2.26. The van der Waals surface area contributed by atoms with Crippen LogP contribution in [0.25, 0.3) is 23.1 Å². The number of nitrogens with one attached hydrogen (secondary N) is 2. The number of fused-ring (bicyclic) bond motifs is 3. The maximum absolute atomic E-state index is 13.0. The van der Waals surface area contributed by atoms with Crippen molar-refractivity contribution in [3.63, 3.8) is 0 Å². The first-order chi connectivity index (χ1) is 18.6. The predicted octanol–water partition coefficient (Wildman–Crippen LogP) is 6.11. The Hall–Kier alpha value is -3.90. The zero-order chi connectivity index (χ0) is 25.7. The molecule has 1 saturated heterocycles. The quantitative estimate of drug-likeness (QED) is 0.333. The number of anilines is 1. The second kappa shape index (κ2) is 9.14. The maximum atomic E-state index is 13.0. The van der Waals surface area contributed by atoms with Gasteiger partial charge in [-0.25, -0.2) is 0 Å². The number of carbonyl (C=O) groups is 1. The number of rotatable bonds is 6. The van der Waals surface area contributed by atoms with Gasteiger partial charge in [0.1, 0.15) is 5.75 Å². The molecule has 0 radical (unpaired) electrons. The number of H-pyrrole nitrogens is 1. The van der Waals surface area contributed by atoms with Crippen molar-refractivity contribution in [3.8, 4) is 5.75 Å². The van der Waals surface area contributed by atoms with E-state index in [1.54, 1.807) is 7.11 Å². The number of aromatic nitrogens is 2. The molecule has 0 bridgehead atoms. The summed E-state index contributed by atoms with van der Waals surface area (Å²) in [5, 5.41) is 11.9. The standard InChI is InChI=1S/C32H32N4O2/c1-38-24-11-14-29-26(18-24)32(31(37)33-29)19-27(32)23-10-12-25-28(34-35-30(25)17-23)13-9-21-5-7-22(8-6-21)20-36-15-3-2-4-16-36/h5-14,17-18,27H,2-4,15-16,19-20H2,1H3,(H,33,37)(H,34,35)/t27-,32-/m0/s1. The second-order valence-corrected chi connectivity index (χ2v) is 10.9. The molecule has 4 aromatic rings. The van der Waals surface area contributed by atoms with Crippen molar-refractivity contribution >= 4 is 34.6 Å². The number of likely N-dealkylation sites (tertiary alicyclic amines) is 1. The normalized spacial score (nSPS) is 22.8. The van der Waals surface area contributed by atoms with Crippen LogP contribution in [-0.2, 0) is 16.8 Å². The number of benzene rings is 3. The molecule has 3 aromatic carbocycles. The monoisotopic (exact) mass is 504 g/mol. The summed E-state index contributed by atoms with van der Waals surface area (Å²) in [5.74, 6) is 1.01. The molecule has 3 aliphatic rings. The SMILES string of the molecule is COc1ccc2c(c1)[C@]1(C[C@H]1c1ccc3c(C=Cc4ccc(CN5CCCCC5)cc4)n[nH]c3c1)C(=O)N2. The van der Waals surface area contributed by atoms with Crippen LogP contribution in [0.5, 0.6) is 5.75 Å². The minimum absolute atomic E-state index is 0.0843. The van der Waals surface area contributed by atoms with Crippen molar-refractivity contribution in [3.05, 3.63) is 88.6 Å². The van der Waals surface area contributed by atoms with Crippen LogP contribution in [0.15, 0.2) is 60.7 Å². The minimum atomic E-state index is -0.500. The van der Waals surface area contributed by atoms with Crippen LogP contribution in [0.4, 0.5) is 5.69 Å². The largest absolute Gasteiger partial charge is 0.497 e. The molecule has 1 spiro atoms. The summed E-state index contributed by atoms with van der Waals surface area (Å²) in [4.78, 5) is 15.6. The summed E-state index contributed by atoms with van der Waals surface area (Å²) in [6, 6.07) is 21.1. The molecule has 2 N–H and O–H groups in total. The van der Waals surface area contributed by atoms with Gasteiger partial charge in [-0.2, -0.15) is 5.10 Å². The van der Waals surface area contributed by atoms with E-state index in [-0.39, 0.29) is 11.8 Å². The lowest BCUT2D eigenvalue weighted by atomic mass is 9.91. The lowest BCUT2D eigenvalue weighted by Crippen LogP contribution is -2.28. The van der Waals surface area contributed by atoms with E-state index < -0.39 is 5.41 Å². The fraction of sp³-hybridized carbons (Fsp3) is 0.312. The van der Waals surface area contributed by atoms with Gasteiger partial charge in [0.2, 0.25) is 5.91 Å². The third kappa shape index (κ3) is 3.91. The van der Waals surface area contributed by atoms with E-state index in [1.807, 2.05) is 18.2 Å². The molecule has 2 atom stereocenters. The van der Waals surface area contributed by atoms with Gasteiger partial charge in [-0.1, -0.05) is 48.9 Å². The van der Waals surface area contributed by atoms with E-state index in [0.29, 0.717) is 0 Å². The maximum Gasteiger partial charge on any atom is 0.235 e. The number of carbonyl (C=O) groups excluding carboxylic acids is 1. The highest BCUT2D eigenvalue weighted by atomic mass is 16.5. The predicted molar refractivity (Wildman–Crippen MR) is 151 cm³/mol. The molecule has 7 rings (SSSR count). The number of methoxy groups -OCH3 is 1. The summed E-state index contributed by atoms with van der Waals surface area (Å²) < 4.78 is 5.43. The zero-order valence-electron chi connectivity index (χ0n) is 21.7. The van der Waals surface area contributed by atoms with Crippen molar-refractivity contribution < 1.29 is 9.53 Å². The molecule has 38 heavy (non-hydrogen) atoms. The third-order valence-corrected chi connectivity index (χ3v) is 8.61. The van der Waals surface area contributed by atoms with Gasteiger partial charge in [-0.15, -0.1) is 0 Å². The Bertz CT molecular complexity index is 1550. The number of nitrogens with zero attached hydrogens (tertiary/aromatic N) is 2. The Morgan fingerprint density at radius 3 is 2.68 bits per heavy atom. The molecular weight excluding hydrogens is 472 g/mol. The Morgan fingerprint density at radius 1 is 1.03 bits per heavy atom. The molecule has 1 saturated carbocycles. The van der Waals surface area contributed by atoms with Crippen LogP contribution in [-0.4, -0.2) is 41.2 Å². The first kappa shape index (κ1) is 23.2. The average Bonchev–Trinajstić information content (AvgIpc) is 3.50. The number of hydrogen-bond donors (Lipinski definition) is 2. The summed E-state index contributed by atoms with van der Waals surface area (Å²) in [5.41, 5.74) is 7.05. The number of aromatic amines is 1. The zero-order valence-corrected chi connectivity index (χ0v) is 21.7. The summed E-state index contributed by atoms with van der Waals surface area (Å²) in [7, 11) is 1.66. The number of amides is 1. The van der Waals surface area contributed by atoms with Crippen LogP contribution in [0.2, 0.25) is 0 Å². The Morgan fingerprint density at radius 2 is 1.87 bits per heavy atom. The molecule has 2 aliphatic heterocycles. The van der Waals surface area contributed by atoms with E-state index in [9.17, 15) is 4.79 Å². The van der Waals surface area contributed by atoms with Crippen LogP contribution < -0.4 is 10.1 Å². The lowest BCUT2D eigenvalue weighted by molar-refractivity contribution is -0.118. The highest BCUT2D eigenvalue weighted by Gasteiger charge is 2.65. The van der Waals surface area contributed by atoms with E-state index in [0.717, 1.165) is 52.1 Å². The van der Waals surface area contributed by atoms with Gasteiger partial charge in [-0.05, 0) is 84.9 Å². The molecule has 2 fully saturated rings. The molecule has 1 amide bonds. The Labute approximate surface area is 222 Å². The van der Waals surface area contributed by atoms with Crippen molar-refractivity contribution in [1.82, 2.24) is 15.1 Å². The van der Waals surface area contributed by atoms with Crippen LogP contribution in [0.1, 0.15) is 59.5 Å². The fourth-order valence-corrected chi connectivity index (χ4v) is 6.39. The van der Waals surface area contributed by atoms with Gasteiger partial charge in [0.15, 0.2) is 0 Å². The van der Waals surface area contributed by atoms with E-state index in [2.05, 4.69) is 75.0 Å². The first-order valence-corrected chi connectivity index (χ1v) is 13.6. The smallest absolute Gasteiger partial charge is 0.235 e. The summed E-state index contributed by atoms with van der Waals surface area (Å²) in [6.45, 7) is 3.47. The van der Waals surface area contributed by atoms with Crippen molar-refractivity contribution in [2.24, 2.45) is 0 Å². The van der Waals surface area contributed by atoms with Crippen molar-refractivity contribution in [1.29, 1.82) is 0 Å². The summed E-state index contributed by atoms with van der Waals surface area (Å²) >= 11 is 0. The Balaban J connectivity index is 1.08. The fourth-order valence-electron chi connectivity index (χ4n) is 6.39. The molecule has 6 nitrogen and oxygen atoms in total. The second-order valence-electron chi connectivity index (χ2n) is 10.9. The number of ether oxygens (including phenoxy) is 1. The molecule has 1 aromatic heterocycles. The van der Waals surface area contributed by atoms with Gasteiger partial charge in [-0.3, -0.25) is 14.8 Å². The molecule has 1 aliphatic carbocycles. The third-order valence-electron chi connectivity index (χ3n) is 8.61. The number of hydrogen-bond acceptors (Lipinski definition) is 4. The topological polar surface area (TPSA) is 70.2 Å². The van der Waals surface area contributed by atoms with Gasteiger partial charge in [0.25, 0.3) is 0 Å². The van der Waals surface area contributed by atoms with E-state index >= 15 is 0 Å². The van der Waals surface area contributed by atoms with Crippen LogP contribution in [0.3, 0.4) is 0 Å². The number of piperidine rings is 1. The highest BCUT2D eigenvalue weighted by Crippen LogP contribution is 2.65. The first-order valence-electron chi connectivity index (χ1n) is 13.6. The van der Waals surface area contributed by atoms with E-state index in [4.69, 9.17) is 4.74 Å². The molecule has 192 valence electrons. The van der Waals surface area contributed by atoms with Gasteiger partial charge in [0.05, 0.1) is 23.7 Å². The minimum Gasteiger partial charge on any atom is -0.497 e. The van der Waals surface area contributed by atoms with E-state index in [1.165, 1.54) is 43.5 Å². The molecular formula is C32H32N4O2. The van der Waals surface area contributed by atoms with Gasteiger partial charge < -0.3 is 10.1 Å². The van der Waals surface area contributed by atoms with Crippen LogP contribution >= 0.6 is 0 Å². The van der Waals surface area contributed by atoms with Crippen molar-refractivity contribution in [2.75, 3.05) is 25.5 Å². The Kier molecular flexibility index (Phi) is 5.59. The molecule has 3 heterocycles.